The molecule has 1 aromatic rings. The highest BCUT2D eigenvalue weighted by Crippen LogP contribution is 2.42. The summed E-state index contributed by atoms with van der Waals surface area (Å²) in [7, 11) is 3.26. The highest BCUT2D eigenvalue weighted by atomic mass is 35.5. The van der Waals surface area contributed by atoms with E-state index in [0.717, 1.165) is 38.2 Å². The largest absolute Gasteiger partial charge is 0.495 e. The number of ether oxygens (including phenoxy) is 3. The molecule has 118 valence electrons. The van der Waals surface area contributed by atoms with Crippen LogP contribution in [0.15, 0.2) is 12.1 Å². The van der Waals surface area contributed by atoms with Crippen molar-refractivity contribution in [3.63, 3.8) is 0 Å². The molecule has 1 saturated heterocycles. The van der Waals surface area contributed by atoms with Crippen molar-refractivity contribution >= 4 is 11.6 Å². The maximum atomic E-state index is 6.39. The molecule has 1 aliphatic rings. The monoisotopic (exact) mass is 313 g/mol. The molecule has 1 fully saturated rings. The number of nitrogens with one attached hydrogen (secondary N) is 1. The first-order valence-electron chi connectivity index (χ1n) is 7.44. The highest BCUT2D eigenvalue weighted by Gasteiger charge is 2.28. The number of benzene rings is 1. The molecule has 4 nitrogen and oxygen atoms in total. The standard InChI is InChI=1S/C16H24ClNO3/c1-4-18-15(11-7-9-21-10-8-11)12-5-6-13(19-2)14(17)16(12)20-3/h5-6,11,15,18H,4,7-10H2,1-3H3. The Bertz CT molecular complexity index is 461. The van der Waals surface area contributed by atoms with Gasteiger partial charge in [0.05, 0.1) is 14.2 Å². The summed E-state index contributed by atoms with van der Waals surface area (Å²) >= 11 is 6.39. The zero-order valence-electron chi connectivity index (χ0n) is 12.9. The molecule has 1 heterocycles. The van der Waals surface area contributed by atoms with Crippen LogP contribution in [0, 0.1) is 5.92 Å². The van der Waals surface area contributed by atoms with Crippen molar-refractivity contribution in [2.24, 2.45) is 5.92 Å². The van der Waals surface area contributed by atoms with Gasteiger partial charge in [0.25, 0.3) is 0 Å². The van der Waals surface area contributed by atoms with Crippen molar-refractivity contribution in [1.82, 2.24) is 5.32 Å². The van der Waals surface area contributed by atoms with Crippen LogP contribution in [-0.2, 0) is 4.74 Å². The Labute approximate surface area is 131 Å². The Balaban J connectivity index is 2.36. The summed E-state index contributed by atoms with van der Waals surface area (Å²) in [4.78, 5) is 0. The van der Waals surface area contributed by atoms with E-state index in [2.05, 4.69) is 12.2 Å². The van der Waals surface area contributed by atoms with Crippen molar-refractivity contribution in [1.29, 1.82) is 0 Å². The lowest BCUT2D eigenvalue weighted by atomic mass is 9.86. The van der Waals surface area contributed by atoms with Crippen LogP contribution in [0.5, 0.6) is 11.5 Å². The Morgan fingerprint density at radius 2 is 2.00 bits per heavy atom. The Morgan fingerprint density at radius 1 is 1.29 bits per heavy atom. The molecular formula is C16H24ClNO3. The van der Waals surface area contributed by atoms with E-state index < -0.39 is 0 Å². The topological polar surface area (TPSA) is 39.7 Å². The number of halogens is 1. The Hall–Kier alpha value is -0.970. The van der Waals surface area contributed by atoms with Gasteiger partial charge in [-0.1, -0.05) is 18.5 Å². The normalized spacial score (nSPS) is 17.5. The number of hydrogen-bond acceptors (Lipinski definition) is 4. The molecule has 21 heavy (non-hydrogen) atoms. The molecule has 5 heteroatoms. The van der Waals surface area contributed by atoms with Gasteiger partial charge < -0.3 is 19.5 Å². The van der Waals surface area contributed by atoms with Gasteiger partial charge in [0.1, 0.15) is 16.5 Å². The van der Waals surface area contributed by atoms with Crippen molar-refractivity contribution in [2.75, 3.05) is 34.0 Å². The fraction of sp³-hybridized carbons (Fsp3) is 0.625. The SMILES string of the molecule is CCNC(c1ccc(OC)c(Cl)c1OC)C1CCOCC1. The molecule has 0 bridgehead atoms. The second-order valence-corrected chi connectivity index (χ2v) is 5.57. The molecule has 0 spiro atoms. The van der Waals surface area contributed by atoms with Crippen molar-refractivity contribution < 1.29 is 14.2 Å². The quantitative estimate of drug-likeness (QED) is 0.873. The summed E-state index contributed by atoms with van der Waals surface area (Å²) in [5.41, 5.74) is 1.09. The van der Waals surface area contributed by atoms with E-state index >= 15 is 0 Å². The first kappa shape index (κ1) is 16.4. The summed E-state index contributed by atoms with van der Waals surface area (Å²) in [6.07, 6.45) is 2.09. The summed E-state index contributed by atoms with van der Waals surface area (Å²) < 4.78 is 16.3. The third kappa shape index (κ3) is 3.62. The molecule has 0 aromatic heterocycles. The first-order valence-corrected chi connectivity index (χ1v) is 7.82. The summed E-state index contributed by atoms with van der Waals surface area (Å²) in [6.45, 7) is 4.65. The van der Waals surface area contributed by atoms with E-state index in [0.29, 0.717) is 22.4 Å². The van der Waals surface area contributed by atoms with Gasteiger partial charge >= 0.3 is 0 Å². The van der Waals surface area contributed by atoms with Crippen molar-refractivity contribution in [3.05, 3.63) is 22.7 Å². The van der Waals surface area contributed by atoms with Crippen LogP contribution in [0.3, 0.4) is 0 Å². The second kappa shape index (κ2) is 7.87. The smallest absolute Gasteiger partial charge is 0.146 e. The van der Waals surface area contributed by atoms with E-state index in [9.17, 15) is 0 Å². The van der Waals surface area contributed by atoms with Gasteiger partial charge in [-0.05, 0) is 37.4 Å². The third-order valence-corrected chi connectivity index (χ3v) is 4.37. The molecule has 1 atom stereocenters. The van der Waals surface area contributed by atoms with E-state index in [-0.39, 0.29) is 6.04 Å². The number of rotatable bonds is 6. The van der Waals surface area contributed by atoms with Crippen LogP contribution in [-0.4, -0.2) is 34.0 Å². The van der Waals surface area contributed by atoms with E-state index in [1.807, 2.05) is 12.1 Å². The van der Waals surface area contributed by atoms with Crippen molar-refractivity contribution in [2.45, 2.75) is 25.8 Å². The molecule has 1 N–H and O–H groups in total. The maximum absolute atomic E-state index is 6.39. The van der Waals surface area contributed by atoms with Gasteiger partial charge in [-0.15, -0.1) is 0 Å². The maximum Gasteiger partial charge on any atom is 0.146 e. The summed E-state index contributed by atoms with van der Waals surface area (Å²) in [5, 5.41) is 4.11. The third-order valence-electron chi connectivity index (χ3n) is 4.01. The van der Waals surface area contributed by atoms with Crippen LogP contribution in [0.2, 0.25) is 5.02 Å². The minimum atomic E-state index is 0.220. The van der Waals surface area contributed by atoms with Crippen LogP contribution in [0.4, 0.5) is 0 Å². The minimum Gasteiger partial charge on any atom is -0.495 e. The zero-order chi connectivity index (χ0) is 15.2. The predicted octanol–water partition coefficient (Wildman–Crippen LogP) is 3.43. The summed E-state index contributed by atoms with van der Waals surface area (Å²) in [6, 6.07) is 4.17. The van der Waals surface area contributed by atoms with Gasteiger partial charge in [-0.2, -0.15) is 0 Å². The van der Waals surface area contributed by atoms with Crippen LogP contribution in [0.1, 0.15) is 31.4 Å². The molecule has 1 aliphatic heterocycles. The zero-order valence-corrected chi connectivity index (χ0v) is 13.7. The fourth-order valence-corrected chi connectivity index (χ4v) is 3.29. The van der Waals surface area contributed by atoms with Gasteiger partial charge in [0.2, 0.25) is 0 Å². The Kier molecular flexibility index (Phi) is 6.15. The lowest BCUT2D eigenvalue weighted by Crippen LogP contribution is -2.32. The molecule has 0 amide bonds. The van der Waals surface area contributed by atoms with Crippen LogP contribution in [0.25, 0.3) is 0 Å². The number of methoxy groups -OCH3 is 2. The van der Waals surface area contributed by atoms with Crippen LogP contribution >= 0.6 is 11.6 Å². The van der Waals surface area contributed by atoms with Crippen LogP contribution < -0.4 is 14.8 Å². The average Bonchev–Trinajstić information content (AvgIpc) is 2.53. The minimum absolute atomic E-state index is 0.220. The molecule has 1 unspecified atom stereocenters. The van der Waals surface area contributed by atoms with E-state index in [4.69, 9.17) is 25.8 Å². The molecule has 1 aromatic carbocycles. The average molecular weight is 314 g/mol. The second-order valence-electron chi connectivity index (χ2n) is 5.19. The lowest BCUT2D eigenvalue weighted by Gasteiger charge is -2.32. The highest BCUT2D eigenvalue weighted by molar-refractivity contribution is 6.33. The van der Waals surface area contributed by atoms with E-state index in [1.54, 1.807) is 14.2 Å². The molecule has 0 saturated carbocycles. The van der Waals surface area contributed by atoms with Gasteiger partial charge in [0, 0.05) is 24.8 Å². The first-order chi connectivity index (χ1) is 10.2. The molecular weight excluding hydrogens is 290 g/mol. The summed E-state index contributed by atoms with van der Waals surface area (Å²) in [5.74, 6) is 1.87. The number of hydrogen-bond donors (Lipinski definition) is 1. The van der Waals surface area contributed by atoms with Gasteiger partial charge in [0.15, 0.2) is 0 Å². The van der Waals surface area contributed by atoms with Gasteiger partial charge in [-0.25, -0.2) is 0 Å². The van der Waals surface area contributed by atoms with E-state index in [1.165, 1.54) is 0 Å². The fourth-order valence-electron chi connectivity index (χ4n) is 2.96. The van der Waals surface area contributed by atoms with Crippen molar-refractivity contribution in [3.8, 4) is 11.5 Å². The molecule has 0 radical (unpaired) electrons. The molecule has 0 aliphatic carbocycles. The lowest BCUT2D eigenvalue weighted by molar-refractivity contribution is 0.0535. The molecule has 2 rings (SSSR count). The predicted molar refractivity (Wildman–Crippen MR) is 84.5 cm³/mol. The van der Waals surface area contributed by atoms with Gasteiger partial charge in [-0.3, -0.25) is 0 Å². The Morgan fingerprint density at radius 3 is 2.57 bits per heavy atom.